The molecule has 0 atom stereocenters. The van der Waals surface area contributed by atoms with E-state index in [0.717, 1.165) is 13.1 Å². The fourth-order valence-electron chi connectivity index (χ4n) is 5.66. The molecular formula is C32H53N2+. The van der Waals surface area contributed by atoms with Crippen molar-refractivity contribution in [3.8, 4) is 0 Å². The van der Waals surface area contributed by atoms with Gasteiger partial charge >= 0.3 is 0 Å². The second-order valence-electron chi connectivity index (χ2n) is 11.0. The minimum absolute atomic E-state index is 1.12. The Bertz CT molecular complexity index is 705. The minimum Gasteiger partial charge on any atom is -0.373 e. The zero-order valence-electron chi connectivity index (χ0n) is 22.3. The van der Waals surface area contributed by atoms with Crippen LogP contribution in [0.3, 0.4) is 0 Å². The first kappa shape index (κ1) is 27.1. The van der Waals surface area contributed by atoms with Crippen LogP contribution in [0.2, 0.25) is 0 Å². The Morgan fingerprint density at radius 1 is 0.647 bits per heavy atom. The fourth-order valence-corrected chi connectivity index (χ4v) is 5.66. The standard InChI is InChI=1S/C32H53N2/c1-2-5-9-13-17-25-33-27-20-24-32(30-33)22-16-12-8-4-6-10-14-18-26-34-28-19-23-31(29-34)21-15-11-7-3-1/h19-20,23-24,30H,1-18,21-22,25-27,29H2/q+1. The number of allylic oxidation sites excluding steroid dienone is 4. The van der Waals surface area contributed by atoms with Gasteiger partial charge in [-0.3, -0.25) is 0 Å². The van der Waals surface area contributed by atoms with E-state index in [-0.39, 0.29) is 0 Å². The summed E-state index contributed by atoms with van der Waals surface area (Å²) in [5.41, 5.74) is 3.18. The maximum atomic E-state index is 3.46. The molecule has 0 amide bonds. The van der Waals surface area contributed by atoms with Crippen LogP contribution < -0.4 is 0 Å². The number of nitrogens with zero attached hydrogens (tertiary/aromatic N) is 2. The lowest BCUT2D eigenvalue weighted by Crippen LogP contribution is -2.21. The molecule has 34 heavy (non-hydrogen) atoms. The van der Waals surface area contributed by atoms with E-state index < -0.39 is 0 Å². The molecule has 0 aromatic rings. The Balaban J connectivity index is 1.35. The van der Waals surface area contributed by atoms with Crippen LogP contribution in [0.5, 0.6) is 0 Å². The summed E-state index contributed by atoms with van der Waals surface area (Å²) in [6, 6.07) is 0. The van der Waals surface area contributed by atoms with Crippen molar-refractivity contribution in [2.24, 2.45) is 0 Å². The summed E-state index contributed by atoms with van der Waals surface area (Å²) in [6.45, 7) is 4.68. The largest absolute Gasteiger partial charge is 0.373 e. The molecule has 190 valence electrons. The molecular weight excluding hydrogens is 412 g/mol. The first-order chi connectivity index (χ1) is 16.9. The summed E-state index contributed by atoms with van der Waals surface area (Å²) >= 11 is 0. The molecule has 4 bridgehead atoms. The molecule has 2 nitrogen and oxygen atoms in total. The third kappa shape index (κ3) is 12.3. The monoisotopic (exact) mass is 465 g/mol. The summed E-state index contributed by atoms with van der Waals surface area (Å²) < 4.78 is 2.43. The van der Waals surface area contributed by atoms with E-state index in [2.05, 4.69) is 45.8 Å². The fraction of sp³-hybridized carbons (Fsp3) is 0.750. The number of hydrogen-bond acceptors (Lipinski definition) is 1. The van der Waals surface area contributed by atoms with Gasteiger partial charge in [-0.15, -0.1) is 0 Å². The Morgan fingerprint density at radius 2 is 1.24 bits per heavy atom. The third-order valence-electron chi connectivity index (χ3n) is 7.83. The van der Waals surface area contributed by atoms with E-state index in [4.69, 9.17) is 0 Å². The topological polar surface area (TPSA) is 6.25 Å². The van der Waals surface area contributed by atoms with Crippen molar-refractivity contribution in [2.45, 2.75) is 128 Å². The summed E-state index contributed by atoms with van der Waals surface area (Å²) in [5.74, 6) is 3.46. The average Bonchev–Trinajstić information content (AvgIpc) is 2.86. The smallest absolute Gasteiger partial charge is 0.174 e. The van der Waals surface area contributed by atoms with Gasteiger partial charge in [0.2, 0.25) is 0 Å². The van der Waals surface area contributed by atoms with E-state index in [1.165, 1.54) is 142 Å². The van der Waals surface area contributed by atoms with Crippen LogP contribution >= 0.6 is 0 Å². The van der Waals surface area contributed by atoms with Crippen molar-refractivity contribution in [2.75, 3.05) is 26.2 Å². The van der Waals surface area contributed by atoms with Crippen LogP contribution in [0.1, 0.15) is 128 Å². The van der Waals surface area contributed by atoms with E-state index in [9.17, 15) is 0 Å². The molecule has 3 heterocycles. The van der Waals surface area contributed by atoms with Gasteiger partial charge in [0.1, 0.15) is 0 Å². The molecule has 0 aromatic carbocycles. The lowest BCUT2D eigenvalue weighted by molar-refractivity contribution is -0.514. The molecule has 0 aliphatic carbocycles. The van der Waals surface area contributed by atoms with Gasteiger partial charge in [0, 0.05) is 31.8 Å². The second-order valence-corrected chi connectivity index (χ2v) is 11.0. The Labute approximate surface area is 211 Å². The van der Waals surface area contributed by atoms with Gasteiger partial charge in [0.15, 0.2) is 19.0 Å². The molecule has 0 radical (unpaired) electrons. The van der Waals surface area contributed by atoms with E-state index in [0.29, 0.717) is 0 Å². The highest BCUT2D eigenvalue weighted by molar-refractivity contribution is 5.51. The first-order valence-corrected chi connectivity index (χ1v) is 15.0. The first-order valence-electron chi connectivity index (χ1n) is 15.0. The molecule has 3 aliphatic rings. The molecule has 0 N–H and O–H groups in total. The molecule has 0 saturated carbocycles. The molecule has 0 saturated heterocycles. The van der Waals surface area contributed by atoms with Crippen molar-refractivity contribution < 1.29 is 4.58 Å². The van der Waals surface area contributed by atoms with Gasteiger partial charge in [-0.05, 0) is 55.7 Å². The lowest BCUT2D eigenvalue weighted by Gasteiger charge is -2.23. The van der Waals surface area contributed by atoms with Crippen molar-refractivity contribution in [1.29, 1.82) is 0 Å². The predicted molar refractivity (Wildman–Crippen MR) is 149 cm³/mol. The molecule has 2 heteroatoms. The van der Waals surface area contributed by atoms with Gasteiger partial charge in [-0.2, -0.15) is 4.58 Å². The van der Waals surface area contributed by atoms with Crippen LogP contribution in [0.4, 0.5) is 0 Å². The van der Waals surface area contributed by atoms with E-state index in [1.807, 2.05) is 0 Å². The second kappa shape index (κ2) is 17.8. The molecule has 0 fully saturated rings. The highest BCUT2D eigenvalue weighted by Gasteiger charge is 2.11. The SMILES string of the molecule is C1=CC=C2CCCCCCCCCCCCN3C=C(C=CC3)CCCCCCCCCC[N+]=1C2. The highest BCUT2D eigenvalue weighted by Crippen LogP contribution is 2.19. The lowest BCUT2D eigenvalue weighted by atomic mass is 10.0. The molecule has 3 aliphatic heterocycles. The van der Waals surface area contributed by atoms with Gasteiger partial charge in [0.05, 0.1) is 0 Å². The predicted octanol–water partition coefficient (Wildman–Crippen LogP) is 8.74. The number of hydrogen-bond donors (Lipinski definition) is 0. The zero-order chi connectivity index (χ0) is 23.5. The summed E-state index contributed by atoms with van der Waals surface area (Å²) in [7, 11) is 0. The normalized spacial score (nSPS) is 23.8. The molecule has 3 rings (SSSR count). The van der Waals surface area contributed by atoms with Gasteiger partial charge in [-0.1, -0.05) is 95.6 Å². The van der Waals surface area contributed by atoms with Crippen molar-refractivity contribution in [3.63, 3.8) is 0 Å². The minimum atomic E-state index is 1.12. The van der Waals surface area contributed by atoms with Crippen LogP contribution in [-0.4, -0.2) is 41.5 Å². The maximum absolute atomic E-state index is 3.46. The number of fused-ring (bicyclic) bond motifs is 3. The highest BCUT2D eigenvalue weighted by atomic mass is 15.1. The Morgan fingerprint density at radius 3 is 1.94 bits per heavy atom. The van der Waals surface area contributed by atoms with Crippen LogP contribution in [0.15, 0.2) is 41.7 Å². The van der Waals surface area contributed by atoms with Crippen molar-refractivity contribution in [3.05, 3.63) is 41.7 Å². The van der Waals surface area contributed by atoms with Gasteiger partial charge < -0.3 is 4.90 Å². The molecule has 0 spiro atoms. The molecule has 0 unspecified atom stereocenters. The van der Waals surface area contributed by atoms with Crippen molar-refractivity contribution >= 4 is 5.87 Å². The molecule has 0 aromatic heterocycles. The summed E-state index contributed by atoms with van der Waals surface area (Å²) in [6.07, 6.45) is 39.5. The summed E-state index contributed by atoms with van der Waals surface area (Å²) in [4.78, 5) is 2.55. The average molecular weight is 466 g/mol. The van der Waals surface area contributed by atoms with E-state index in [1.54, 1.807) is 11.1 Å². The summed E-state index contributed by atoms with van der Waals surface area (Å²) in [5, 5.41) is 0. The zero-order valence-corrected chi connectivity index (χ0v) is 22.3. The third-order valence-corrected chi connectivity index (χ3v) is 7.83. The Kier molecular flexibility index (Phi) is 14.2. The Hall–Kier alpha value is -1.53. The quantitative estimate of drug-likeness (QED) is 0.324. The van der Waals surface area contributed by atoms with Crippen LogP contribution in [0.25, 0.3) is 0 Å². The van der Waals surface area contributed by atoms with Crippen LogP contribution in [-0.2, 0) is 0 Å². The van der Waals surface area contributed by atoms with Crippen LogP contribution in [0, 0.1) is 0 Å². The number of rotatable bonds is 0. The van der Waals surface area contributed by atoms with Crippen molar-refractivity contribution in [1.82, 2.24) is 4.90 Å². The van der Waals surface area contributed by atoms with E-state index >= 15 is 0 Å². The maximum Gasteiger partial charge on any atom is 0.174 e. The van der Waals surface area contributed by atoms with Gasteiger partial charge in [-0.25, -0.2) is 0 Å². The van der Waals surface area contributed by atoms with Gasteiger partial charge in [0.25, 0.3) is 0 Å².